The molecule has 0 aliphatic rings. The predicted molar refractivity (Wildman–Crippen MR) is 47.7 cm³/mol. The molecular formula is C9H8ClFO2. The molecule has 2 nitrogen and oxygen atoms in total. The fourth-order valence-electron chi connectivity index (χ4n) is 0.952. The number of carbonyl (C=O) groups is 1. The summed E-state index contributed by atoms with van der Waals surface area (Å²) in [6.07, 6.45) is 0.0958. The number of aromatic hydroxyl groups is 1. The highest BCUT2D eigenvalue weighted by molar-refractivity contribution is 6.19. The van der Waals surface area contributed by atoms with E-state index in [1.54, 1.807) is 0 Å². The van der Waals surface area contributed by atoms with Crippen molar-refractivity contribution in [2.24, 2.45) is 0 Å². The maximum atomic E-state index is 12.7. The molecule has 0 saturated carbocycles. The monoisotopic (exact) mass is 202 g/mol. The lowest BCUT2D eigenvalue weighted by Crippen LogP contribution is -2.00. The largest absolute Gasteiger partial charge is 0.507 e. The number of halogens is 2. The van der Waals surface area contributed by atoms with E-state index in [9.17, 15) is 14.3 Å². The molecule has 0 aromatic heterocycles. The van der Waals surface area contributed by atoms with Crippen LogP contribution in [0.15, 0.2) is 18.2 Å². The average molecular weight is 203 g/mol. The van der Waals surface area contributed by atoms with Crippen molar-refractivity contribution in [3.63, 3.8) is 0 Å². The van der Waals surface area contributed by atoms with Gasteiger partial charge in [0, 0.05) is 12.3 Å². The molecule has 0 amide bonds. The lowest BCUT2D eigenvalue weighted by atomic mass is 10.1. The van der Waals surface area contributed by atoms with E-state index < -0.39 is 5.82 Å². The van der Waals surface area contributed by atoms with Crippen LogP contribution in [0.3, 0.4) is 0 Å². The van der Waals surface area contributed by atoms with Crippen molar-refractivity contribution in [3.05, 3.63) is 29.6 Å². The zero-order chi connectivity index (χ0) is 9.84. The minimum Gasteiger partial charge on any atom is -0.507 e. The standard InChI is InChI=1S/C9H8ClFO2/c10-4-3-9(13)7-5-6(11)1-2-8(7)12/h1-2,5,12H,3-4H2. The van der Waals surface area contributed by atoms with Crippen LogP contribution in [0, 0.1) is 5.82 Å². The van der Waals surface area contributed by atoms with Crippen LogP contribution in [0.5, 0.6) is 5.75 Å². The number of phenols is 1. The molecule has 13 heavy (non-hydrogen) atoms. The van der Waals surface area contributed by atoms with E-state index in [1.165, 1.54) is 0 Å². The maximum absolute atomic E-state index is 12.7. The Balaban J connectivity index is 2.99. The number of ketones is 1. The predicted octanol–water partition coefficient (Wildman–Crippen LogP) is 2.34. The van der Waals surface area contributed by atoms with E-state index in [1.807, 2.05) is 0 Å². The summed E-state index contributed by atoms with van der Waals surface area (Å²) in [4.78, 5) is 11.2. The summed E-state index contributed by atoms with van der Waals surface area (Å²) in [5.74, 6) is -0.950. The zero-order valence-electron chi connectivity index (χ0n) is 6.76. The Kier molecular flexibility index (Phi) is 3.25. The van der Waals surface area contributed by atoms with Crippen molar-refractivity contribution in [1.29, 1.82) is 0 Å². The zero-order valence-corrected chi connectivity index (χ0v) is 7.51. The number of benzene rings is 1. The van der Waals surface area contributed by atoms with Crippen LogP contribution in [0.25, 0.3) is 0 Å². The Morgan fingerprint density at radius 3 is 2.85 bits per heavy atom. The summed E-state index contributed by atoms with van der Waals surface area (Å²) < 4.78 is 12.7. The first kappa shape index (κ1) is 9.99. The lowest BCUT2D eigenvalue weighted by molar-refractivity contribution is 0.0986. The van der Waals surface area contributed by atoms with Gasteiger partial charge in [-0.25, -0.2) is 4.39 Å². The second-order valence-corrected chi connectivity index (χ2v) is 2.90. The third kappa shape index (κ3) is 2.42. The molecule has 4 heteroatoms. The molecule has 0 unspecified atom stereocenters. The van der Waals surface area contributed by atoms with Crippen LogP contribution in [0.1, 0.15) is 16.8 Å². The van der Waals surface area contributed by atoms with Crippen LogP contribution < -0.4 is 0 Å². The summed E-state index contributed by atoms with van der Waals surface area (Å²) in [6, 6.07) is 3.24. The maximum Gasteiger partial charge on any atom is 0.167 e. The number of rotatable bonds is 3. The average Bonchev–Trinajstić information content (AvgIpc) is 2.09. The van der Waals surface area contributed by atoms with Gasteiger partial charge < -0.3 is 5.11 Å². The second-order valence-electron chi connectivity index (χ2n) is 2.52. The van der Waals surface area contributed by atoms with Crippen LogP contribution in [-0.4, -0.2) is 16.8 Å². The molecule has 0 spiro atoms. The number of phenolic OH excluding ortho intramolecular Hbond substituents is 1. The topological polar surface area (TPSA) is 37.3 Å². The van der Waals surface area contributed by atoms with Gasteiger partial charge in [-0.1, -0.05) is 0 Å². The summed E-state index contributed by atoms with van der Waals surface area (Å²) in [5, 5.41) is 9.20. The summed E-state index contributed by atoms with van der Waals surface area (Å²) in [7, 11) is 0. The molecule has 0 bridgehead atoms. The smallest absolute Gasteiger partial charge is 0.167 e. The molecule has 0 fully saturated rings. The third-order valence-electron chi connectivity index (χ3n) is 1.58. The van der Waals surface area contributed by atoms with Gasteiger partial charge in [-0.05, 0) is 18.2 Å². The first-order valence-electron chi connectivity index (χ1n) is 3.73. The van der Waals surface area contributed by atoms with Gasteiger partial charge in [-0.3, -0.25) is 4.79 Å². The van der Waals surface area contributed by atoms with Crippen LogP contribution in [0.2, 0.25) is 0 Å². The number of hydrogen-bond donors (Lipinski definition) is 1. The van der Waals surface area contributed by atoms with Crippen molar-refractivity contribution in [1.82, 2.24) is 0 Å². The minimum atomic E-state index is -0.546. The van der Waals surface area contributed by atoms with Gasteiger partial charge in [0.15, 0.2) is 5.78 Å². The highest BCUT2D eigenvalue weighted by Gasteiger charge is 2.10. The van der Waals surface area contributed by atoms with Crippen molar-refractivity contribution >= 4 is 17.4 Å². The van der Waals surface area contributed by atoms with Crippen molar-refractivity contribution in [3.8, 4) is 5.75 Å². The Morgan fingerprint density at radius 2 is 2.23 bits per heavy atom. The molecule has 70 valence electrons. The van der Waals surface area contributed by atoms with Gasteiger partial charge in [0.05, 0.1) is 5.56 Å². The van der Waals surface area contributed by atoms with Crippen LogP contribution >= 0.6 is 11.6 Å². The first-order valence-corrected chi connectivity index (χ1v) is 4.26. The van der Waals surface area contributed by atoms with Gasteiger partial charge in [-0.15, -0.1) is 11.6 Å². The van der Waals surface area contributed by atoms with E-state index in [-0.39, 0.29) is 29.4 Å². The summed E-state index contributed by atoms with van der Waals surface area (Å²) >= 11 is 5.34. The molecular weight excluding hydrogens is 195 g/mol. The van der Waals surface area contributed by atoms with Gasteiger partial charge in [-0.2, -0.15) is 0 Å². The van der Waals surface area contributed by atoms with Crippen molar-refractivity contribution in [2.45, 2.75) is 6.42 Å². The van der Waals surface area contributed by atoms with Gasteiger partial charge in [0.2, 0.25) is 0 Å². The number of hydrogen-bond acceptors (Lipinski definition) is 2. The number of carbonyl (C=O) groups excluding carboxylic acids is 1. The fraction of sp³-hybridized carbons (Fsp3) is 0.222. The lowest BCUT2D eigenvalue weighted by Gasteiger charge is -2.01. The molecule has 0 aliphatic heterocycles. The molecule has 1 aromatic carbocycles. The van der Waals surface area contributed by atoms with Crippen molar-refractivity contribution < 1.29 is 14.3 Å². The molecule has 0 aliphatic carbocycles. The van der Waals surface area contributed by atoms with E-state index in [0.717, 1.165) is 18.2 Å². The highest BCUT2D eigenvalue weighted by atomic mass is 35.5. The molecule has 1 N–H and O–H groups in total. The second kappa shape index (κ2) is 4.23. The fourth-order valence-corrected chi connectivity index (χ4v) is 1.12. The quantitative estimate of drug-likeness (QED) is 0.604. The molecule has 1 rings (SSSR count). The van der Waals surface area contributed by atoms with E-state index in [4.69, 9.17) is 11.6 Å². The molecule has 0 atom stereocenters. The summed E-state index contributed by atoms with van der Waals surface area (Å²) in [6.45, 7) is 0. The highest BCUT2D eigenvalue weighted by Crippen LogP contribution is 2.19. The molecule has 0 radical (unpaired) electrons. The molecule has 0 saturated heterocycles. The number of alkyl halides is 1. The van der Waals surface area contributed by atoms with E-state index in [2.05, 4.69) is 0 Å². The molecule has 1 aromatic rings. The van der Waals surface area contributed by atoms with Gasteiger partial charge >= 0.3 is 0 Å². The first-order chi connectivity index (χ1) is 6.15. The van der Waals surface area contributed by atoms with Crippen LogP contribution in [0.4, 0.5) is 4.39 Å². The normalized spacial score (nSPS) is 10.0. The number of Topliss-reactive ketones (excluding diaryl/α,β-unsaturated/α-hetero) is 1. The SMILES string of the molecule is O=C(CCCl)c1cc(F)ccc1O. The Bertz CT molecular complexity index is 325. The Labute approximate surface area is 80.0 Å². The molecule has 0 heterocycles. The van der Waals surface area contributed by atoms with E-state index in [0.29, 0.717) is 0 Å². The Hall–Kier alpha value is -1.09. The third-order valence-corrected chi connectivity index (χ3v) is 1.77. The Morgan fingerprint density at radius 1 is 1.54 bits per heavy atom. The van der Waals surface area contributed by atoms with Crippen LogP contribution in [-0.2, 0) is 0 Å². The van der Waals surface area contributed by atoms with E-state index >= 15 is 0 Å². The van der Waals surface area contributed by atoms with Gasteiger partial charge in [0.1, 0.15) is 11.6 Å². The van der Waals surface area contributed by atoms with Crippen molar-refractivity contribution in [2.75, 3.05) is 5.88 Å². The van der Waals surface area contributed by atoms with Gasteiger partial charge in [0.25, 0.3) is 0 Å². The minimum absolute atomic E-state index is 0.0133. The summed E-state index contributed by atoms with van der Waals surface area (Å²) in [5.41, 5.74) is -0.0133.